The second-order valence-electron chi connectivity index (χ2n) is 5.20. The van der Waals surface area contributed by atoms with Crippen molar-refractivity contribution in [1.82, 2.24) is 9.38 Å². The Morgan fingerprint density at radius 3 is 2.76 bits per heavy atom. The summed E-state index contributed by atoms with van der Waals surface area (Å²) in [7, 11) is 1.58. The first-order chi connectivity index (χ1) is 12.2. The number of rotatable bonds is 5. The predicted molar refractivity (Wildman–Crippen MR) is 97.0 cm³/mol. The van der Waals surface area contributed by atoms with E-state index in [0.717, 1.165) is 16.7 Å². The molecule has 2 heterocycles. The number of aryl methyl sites for hydroxylation is 1. The van der Waals surface area contributed by atoms with Gasteiger partial charge >= 0.3 is 0 Å². The molecule has 0 fully saturated rings. The number of nitriles is 1. The van der Waals surface area contributed by atoms with Gasteiger partial charge in [0.1, 0.15) is 11.1 Å². The summed E-state index contributed by atoms with van der Waals surface area (Å²) in [6.07, 6.45) is 2.43. The Morgan fingerprint density at radius 2 is 2.12 bits per heavy atom. The van der Waals surface area contributed by atoms with Crippen LogP contribution in [0.25, 0.3) is 5.65 Å². The van der Waals surface area contributed by atoms with Gasteiger partial charge < -0.3 is 10.1 Å². The number of aromatic nitrogens is 2. The van der Waals surface area contributed by atoms with Crippen molar-refractivity contribution in [3.8, 4) is 11.2 Å². The minimum Gasteiger partial charge on any atom is -0.493 e. The van der Waals surface area contributed by atoms with Crippen molar-refractivity contribution in [2.75, 3.05) is 12.4 Å². The maximum Gasteiger partial charge on any atom is 0.274 e. The first kappa shape index (κ1) is 16.9. The van der Waals surface area contributed by atoms with E-state index in [9.17, 15) is 4.79 Å². The summed E-state index contributed by atoms with van der Waals surface area (Å²) in [5, 5.41) is 13.6. The molecule has 0 aliphatic rings. The van der Waals surface area contributed by atoms with Crippen molar-refractivity contribution in [3.05, 3.63) is 54.0 Å². The molecule has 0 atom stereocenters. The number of thiocyanates is 1. The van der Waals surface area contributed by atoms with Gasteiger partial charge in [-0.2, -0.15) is 5.26 Å². The number of imidazole rings is 1. The van der Waals surface area contributed by atoms with Crippen molar-refractivity contribution < 1.29 is 9.53 Å². The van der Waals surface area contributed by atoms with E-state index in [2.05, 4.69) is 10.3 Å². The fraction of sp³-hybridized carbons (Fsp3) is 0.167. The molecule has 25 heavy (non-hydrogen) atoms. The molecule has 1 aromatic carbocycles. The van der Waals surface area contributed by atoms with Crippen molar-refractivity contribution in [2.24, 2.45) is 0 Å². The van der Waals surface area contributed by atoms with Gasteiger partial charge in [-0.25, -0.2) is 4.98 Å². The monoisotopic (exact) mass is 352 g/mol. The number of hydrogen-bond acceptors (Lipinski definition) is 5. The average molecular weight is 352 g/mol. The first-order valence-electron chi connectivity index (χ1n) is 7.69. The normalized spacial score (nSPS) is 10.4. The zero-order valence-electron chi connectivity index (χ0n) is 13.8. The Bertz CT molecular complexity index is 958. The summed E-state index contributed by atoms with van der Waals surface area (Å²) >= 11 is 1.08. The molecule has 0 saturated heterocycles. The first-order valence-corrected chi connectivity index (χ1v) is 8.50. The van der Waals surface area contributed by atoms with E-state index in [1.807, 2.05) is 24.5 Å². The van der Waals surface area contributed by atoms with Crippen LogP contribution in [0.15, 0.2) is 47.5 Å². The average Bonchev–Trinajstić information content (AvgIpc) is 3.02. The number of carbonyl (C=O) groups excluding carboxylic acids is 1. The van der Waals surface area contributed by atoms with Crippen LogP contribution < -0.4 is 10.1 Å². The standard InChI is InChI=1S/C18H16N4O2S/c1-3-14-16(22-10-4-5-15(24-2)17(22)21-14)18(23)20-12-6-8-13(9-7-12)25-11-19/h4-10H,3H2,1-2H3,(H,20,23). The predicted octanol–water partition coefficient (Wildman–Crippen LogP) is 3.73. The smallest absolute Gasteiger partial charge is 0.274 e. The largest absolute Gasteiger partial charge is 0.493 e. The number of carbonyl (C=O) groups is 1. The summed E-state index contributed by atoms with van der Waals surface area (Å²) in [4.78, 5) is 18.2. The van der Waals surface area contributed by atoms with Crippen LogP contribution in [0.2, 0.25) is 0 Å². The molecule has 0 saturated carbocycles. The van der Waals surface area contributed by atoms with E-state index < -0.39 is 0 Å². The van der Waals surface area contributed by atoms with E-state index >= 15 is 0 Å². The molecule has 0 aliphatic carbocycles. The number of amides is 1. The summed E-state index contributed by atoms with van der Waals surface area (Å²) in [6, 6.07) is 10.8. The van der Waals surface area contributed by atoms with Crippen LogP contribution in [0.3, 0.4) is 0 Å². The lowest BCUT2D eigenvalue weighted by Gasteiger charge is -2.07. The Kier molecular flexibility index (Phi) is 4.91. The summed E-state index contributed by atoms with van der Waals surface area (Å²) in [5.74, 6) is 0.382. The minimum absolute atomic E-state index is 0.238. The lowest BCUT2D eigenvalue weighted by atomic mass is 10.2. The summed E-state index contributed by atoms with van der Waals surface area (Å²) < 4.78 is 7.07. The van der Waals surface area contributed by atoms with Gasteiger partial charge in [0, 0.05) is 16.8 Å². The number of thioether (sulfide) groups is 1. The summed E-state index contributed by atoms with van der Waals surface area (Å²) in [5.41, 5.74) is 2.48. The van der Waals surface area contributed by atoms with E-state index in [-0.39, 0.29) is 5.91 Å². The SMILES string of the molecule is CCc1nc2c(OC)cccn2c1C(=O)Nc1ccc(SC#N)cc1. The molecule has 7 heteroatoms. The maximum absolute atomic E-state index is 12.8. The number of nitrogens with zero attached hydrogens (tertiary/aromatic N) is 3. The number of methoxy groups -OCH3 is 1. The fourth-order valence-corrected chi connectivity index (χ4v) is 2.96. The lowest BCUT2D eigenvalue weighted by molar-refractivity contribution is 0.102. The Labute approximate surface area is 149 Å². The van der Waals surface area contributed by atoms with Crippen molar-refractivity contribution in [1.29, 1.82) is 5.26 Å². The Hall–Kier alpha value is -2.98. The van der Waals surface area contributed by atoms with Gasteiger partial charge in [0.2, 0.25) is 0 Å². The number of hydrogen-bond donors (Lipinski definition) is 1. The van der Waals surface area contributed by atoms with Crippen LogP contribution in [-0.2, 0) is 6.42 Å². The molecule has 0 aliphatic heterocycles. The third-order valence-corrected chi connectivity index (χ3v) is 4.33. The molecule has 6 nitrogen and oxygen atoms in total. The summed E-state index contributed by atoms with van der Waals surface area (Å²) in [6.45, 7) is 1.96. The minimum atomic E-state index is -0.238. The van der Waals surface area contributed by atoms with Crippen molar-refractivity contribution in [3.63, 3.8) is 0 Å². The number of pyridine rings is 1. The molecule has 0 unspecified atom stereocenters. The highest BCUT2D eigenvalue weighted by atomic mass is 32.2. The Morgan fingerprint density at radius 1 is 1.36 bits per heavy atom. The van der Waals surface area contributed by atoms with E-state index in [4.69, 9.17) is 10.00 Å². The quantitative estimate of drug-likeness (QED) is 0.559. The van der Waals surface area contributed by atoms with Gasteiger partial charge in [-0.3, -0.25) is 9.20 Å². The molecule has 0 spiro atoms. The third-order valence-electron chi connectivity index (χ3n) is 3.73. The number of benzene rings is 1. The maximum atomic E-state index is 12.8. The van der Waals surface area contributed by atoms with Gasteiger partial charge in [0.05, 0.1) is 12.8 Å². The molecule has 1 N–H and O–H groups in total. The molecule has 2 aromatic heterocycles. The van der Waals surface area contributed by atoms with Gasteiger partial charge in [0.25, 0.3) is 5.91 Å². The van der Waals surface area contributed by atoms with Crippen LogP contribution in [0.1, 0.15) is 23.1 Å². The van der Waals surface area contributed by atoms with Gasteiger partial charge in [-0.15, -0.1) is 0 Å². The molecule has 3 rings (SSSR count). The highest BCUT2D eigenvalue weighted by molar-refractivity contribution is 8.03. The molecule has 0 radical (unpaired) electrons. The van der Waals surface area contributed by atoms with Crippen LogP contribution in [0.4, 0.5) is 5.69 Å². The van der Waals surface area contributed by atoms with E-state index in [1.165, 1.54) is 0 Å². The number of anilines is 1. The molecule has 3 aromatic rings. The zero-order valence-corrected chi connectivity index (χ0v) is 14.6. The van der Waals surface area contributed by atoms with Gasteiger partial charge in [0.15, 0.2) is 11.4 Å². The number of ether oxygens (including phenoxy) is 1. The van der Waals surface area contributed by atoms with Gasteiger partial charge in [-0.05, 0) is 54.6 Å². The van der Waals surface area contributed by atoms with Crippen molar-refractivity contribution in [2.45, 2.75) is 18.2 Å². The molecule has 0 bridgehead atoms. The van der Waals surface area contributed by atoms with Crippen LogP contribution in [-0.4, -0.2) is 22.4 Å². The van der Waals surface area contributed by atoms with E-state index in [1.54, 1.807) is 42.0 Å². The highest BCUT2D eigenvalue weighted by Gasteiger charge is 2.20. The second-order valence-corrected chi connectivity index (χ2v) is 6.06. The third kappa shape index (κ3) is 3.30. The van der Waals surface area contributed by atoms with Gasteiger partial charge in [-0.1, -0.05) is 6.92 Å². The number of nitrogens with one attached hydrogen (secondary N) is 1. The van der Waals surface area contributed by atoms with Crippen LogP contribution in [0, 0.1) is 10.7 Å². The van der Waals surface area contributed by atoms with E-state index in [0.29, 0.717) is 34.9 Å². The van der Waals surface area contributed by atoms with Crippen LogP contribution >= 0.6 is 11.8 Å². The topological polar surface area (TPSA) is 79.4 Å². The molecular formula is C18H16N4O2S. The fourth-order valence-electron chi connectivity index (χ4n) is 2.59. The number of fused-ring (bicyclic) bond motifs is 1. The zero-order chi connectivity index (χ0) is 17.8. The lowest BCUT2D eigenvalue weighted by Crippen LogP contribution is -2.16. The molecule has 126 valence electrons. The molecular weight excluding hydrogens is 336 g/mol. The van der Waals surface area contributed by atoms with Crippen LogP contribution in [0.5, 0.6) is 5.75 Å². The Balaban J connectivity index is 1.95. The molecule has 1 amide bonds. The highest BCUT2D eigenvalue weighted by Crippen LogP contribution is 2.24. The van der Waals surface area contributed by atoms with Crippen molar-refractivity contribution >= 4 is 29.0 Å². The second kappa shape index (κ2) is 7.28.